The highest BCUT2D eigenvalue weighted by Gasteiger charge is 2.19. The summed E-state index contributed by atoms with van der Waals surface area (Å²) in [4.78, 5) is 33.0. The van der Waals surface area contributed by atoms with E-state index in [1.54, 1.807) is 15.9 Å². The van der Waals surface area contributed by atoms with Crippen LogP contribution in [0.25, 0.3) is 15.9 Å². The zero-order valence-electron chi connectivity index (χ0n) is 19.3. The van der Waals surface area contributed by atoms with Gasteiger partial charge < -0.3 is 5.32 Å². The van der Waals surface area contributed by atoms with E-state index in [1.807, 2.05) is 62.4 Å². The summed E-state index contributed by atoms with van der Waals surface area (Å²) in [5.41, 5.74) is 4.76. The molecule has 0 aliphatic heterocycles. The van der Waals surface area contributed by atoms with Gasteiger partial charge >= 0.3 is 0 Å². The van der Waals surface area contributed by atoms with Crippen LogP contribution in [-0.4, -0.2) is 21.2 Å². The van der Waals surface area contributed by atoms with Crippen LogP contribution in [0.2, 0.25) is 0 Å². The minimum Gasteiger partial charge on any atom is -0.325 e. The van der Waals surface area contributed by atoms with E-state index in [0.29, 0.717) is 10.5 Å². The number of nitrogens with zero attached hydrogens (tertiary/aromatic N) is 2. The molecule has 5 nitrogen and oxygen atoms in total. The van der Waals surface area contributed by atoms with Crippen molar-refractivity contribution in [3.05, 3.63) is 80.5 Å². The first-order valence-corrected chi connectivity index (χ1v) is 12.8. The van der Waals surface area contributed by atoms with Crippen molar-refractivity contribution in [3.8, 4) is 5.69 Å². The number of nitrogens with one attached hydrogen (secondary N) is 1. The molecular formula is C26H27N3O2S2. The topological polar surface area (TPSA) is 64.0 Å². The van der Waals surface area contributed by atoms with Gasteiger partial charge in [0.15, 0.2) is 5.16 Å². The fourth-order valence-electron chi connectivity index (χ4n) is 3.72. The Bertz CT molecular complexity index is 1350. The van der Waals surface area contributed by atoms with Crippen molar-refractivity contribution in [2.45, 2.75) is 45.7 Å². The third kappa shape index (κ3) is 4.89. The highest BCUT2D eigenvalue weighted by Crippen LogP contribution is 2.30. The molecule has 0 unspecified atom stereocenters. The normalized spacial score (nSPS) is 11.2. The van der Waals surface area contributed by atoms with Gasteiger partial charge in [-0.05, 0) is 62.1 Å². The molecule has 7 heteroatoms. The summed E-state index contributed by atoms with van der Waals surface area (Å²) in [7, 11) is 0. The molecule has 0 fully saturated rings. The number of rotatable bonds is 7. The molecule has 0 radical (unpaired) electrons. The molecule has 0 saturated heterocycles. The largest absolute Gasteiger partial charge is 0.325 e. The Morgan fingerprint density at radius 1 is 1.03 bits per heavy atom. The number of amides is 1. The first kappa shape index (κ1) is 23.3. The monoisotopic (exact) mass is 477 g/mol. The Balaban J connectivity index is 1.67. The molecule has 0 aliphatic carbocycles. The second-order valence-corrected chi connectivity index (χ2v) is 9.97. The zero-order chi connectivity index (χ0) is 23.5. The first-order chi connectivity index (χ1) is 15.9. The lowest BCUT2D eigenvalue weighted by Gasteiger charge is -2.13. The Labute approximate surface area is 201 Å². The molecule has 2 heterocycles. The number of aryl methyl sites for hydroxylation is 4. The van der Waals surface area contributed by atoms with Crippen molar-refractivity contribution >= 4 is 44.9 Å². The van der Waals surface area contributed by atoms with Gasteiger partial charge in [0.2, 0.25) is 5.91 Å². The fraction of sp³-hybridized carbons (Fsp3) is 0.269. The number of thioether (sulfide) groups is 1. The van der Waals surface area contributed by atoms with E-state index < -0.39 is 0 Å². The maximum absolute atomic E-state index is 13.6. The fourth-order valence-corrected chi connectivity index (χ4v) is 5.69. The Morgan fingerprint density at radius 3 is 2.36 bits per heavy atom. The van der Waals surface area contributed by atoms with Crippen molar-refractivity contribution < 1.29 is 4.79 Å². The molecule has 0 atom stereocenters. The van der Waals surface area contributed by atoms with Crippen LogP contribution in [0, 0.1) is 13.8 Å². The lowest BCUT2D eigenvalue weighted by Crippen LogP contribution is -2.22. The highest BCUT2D eigenvalue weighted by molar-refractivity contribution is 7.99. The smallest absolute Gasteiger partial charge is 0.267 e. The van der Waals surface area contributed by atoms with E-state index in [1.165, 1.54) is 22.2 Å². The molecule has 1 amide bonds. The summed E-state index contributed by atoms with van der Waals surface area (Å²) >= 11 is 2.84. The van der Waals surface area contributed by atoms with Crippen molar-refractivity contribution in [3.63, 3.8) is 0 Å². The lowest BCUT2D eigenvalue weighted by molar-refractivity contribution is -0.113. The van der Waals surface area contributed by atoms with Crippen molar-refractivity contribution in [2.24, 2.45) is 0 Å². The number of fused-ring (bicyclic) bond motifs is 1. The van der Waals surface area contributed by atoms with Crippen LogP contribution in [-0.2, 0) is 17.6 Å². The number of thiophene rings is 1. The summed E-state index contributed by atoms with van der Waals surface area (Å²) in [5, 5.41) is 4.13. The van der Waals surface area contributed by atoms with Crippen LogP contribution in [0.15, 0.2) is 58.5 Å². The van der Waals surface area contributed by atoms with Crippen LogP contribution < -0.4 is 10.9 Å². The Hall–Kier alpha value is -2.90. The minimum absolute atomic E-state index is 0.0876. The van der Waals surface area contributed by atoms with Crippen LogP contribution in [0.5, 0.6) is 0 Å². The van der Waals surface area contributed by atoms with E-state index in [9.17, 15) is 9.59 Å². The second-order valence-electron chi connectivity index (χ2n) is 7.94. The van der Waals surface area contributed by atoms with Crippen LogP contribution in [0.1, 0.15) is 35.4 Å². The molecule has 33 heavy (non-hydrogen) atoms. The van der Waals surface area contributed by atoms with E-state index >= 15 is 0 Å². The molecule has 2 aromatic carbocycles. The molecule has 0 bridgehead atoms. The maximum Gasteiger partial charge on any atom is 0.267 e. The zero-order valence-corrected chi connectivity index (χ0v) is 20.9. The van der Waals surface area contributed by atoms with Crippen LogP contribution in [0.3, 0.4) is 0 Å². The summed E-state index contributed by atoms with van der Waals surface area (Å²) in [5.74, 6) is 0.0234. The van der Waals surface area contributed by atoms with E-state index in [0.717, 1.165) is 40.2 Å². The second kappa shape index (κ2) is 9.93. The van der Waals surface area contributed by atoms with Gasteiger partial charge in [-0.25, -0.2) is 4.98 Å². The molecule has 4 rings (SSSR count). The van der Waals surface area contributed by atoms with Crippen LogP contribution in [0.4, 0.5) is 5.69 Å². The minimum atomic E-state index is -0.134. The number of aromatic nitrogens is 2. The van der Waals surface area contributed by atoms with Crippen molar-refractivity contribution in [2.75, 3.05) is 11.1 Å². The highest BCUT2D eigenvalue weighted by atomic mass is 32.2. The summed E-state index contributed by atoms with van der Waals surface area (Å²) < 4.78 is 1.63. The van der Waals surface area contributed by atoms with Crippen molar-refractivity contribution in [1.82, 2.24) is 9.55 Å². The van der Waals surface area contributed by atoms with Crippen LogP contribution >= 0.6 is 23.1 Å². The average molecular weight is 478 g/mol. The first-order valence-electron chi connectivity index (χ1n) is 11.0. The number of carbonyl (C=O) groups excluding carboxylic acids is 1. The molecule has 4 aromatic rings. The average Bonchev–Trinajstić information content (AvgIpc) is 3.14. The van der Waals surface area contributed by atoms with Gasteiger partial charge in [-0.2, -0.15) is 0 Å². The predicted octanol–water partition coefficient (Wildman–Crippen LogP) is 5.92. The number of hydrogen-bond donors (Lipinski definition) is 1. The van der Waals surface area contributed by atoms with E-state index in [2.05, 4.69) is 19.2 Å². The number of anilines is 1. The van der Waals surface area contributed by atoms with Gasteiger partial charge in [0.1, 0.15) is 4.83 Å². The maximum atomic E-state index is 13.6. The molecule has 0 spiro atoms. The van der Waals surface area contributed by atoms with Gasteiger partial charge in [0.25, 0.3) is 5.56 Å². The molecule has 0 saturated carbocycles. The molecule has 0 aliphatic rings. The van der Waals surface area contributed by atoms with Crippen molar-refractivity contribution in [1.29, 1.82) is 0 Å². The van der Waals surface area contributed by atoms with Gasteiger partial charge in [-0.15, -0.1) is 11.3 Å². The number of benzene rings is 2. The summed E-state index contributed by atoms with van der Waals surface area (Å²) in [6, 6.07) is 15.6. The third-order valence-electron chi connectivity index (χ3n) is 5.62. The molecular weight excluding hydrogens is 450 g/mol. The Morgan fingerprint density at radius 2 is 1.73 bits per heavy atom. The van der Waals surface area contributed by atoms with E-state index in [-0.39, 0.29) is 17.2 Å². The molecule has 2 aromatic heterocycles. The van der Waals surface area contributed by atoms with Gasteiger partial charge in [0.05, 0.1) is 16.8 Å². The third-order valence-corrected chi connectivity index (χ3v) is 7.89. The number of hydrogen-bond acceptors (Lipinski definition) is 5. The van der Waals surface area contributed by atoms with Gasteiger partial charge in [-0.3, -0.25) is 14.2 Å². The predicted molar refractivity (Wildman–Crippen MR) is 139 cm³/mol. The summed E-state index contributed by atoms with van der Waals surface area (Å²) in [6.45, 7) is 8.19. The quantitative estimate of drug-likeness (QED) is 0.265. The van der Waals surface area contributed by atoms with Gasteiger partial charge in [0, 0.05) is 10.6 Å². The van der Waals surface area contributed by atoms with Gasteiger partial charge in [-0.1, -0.05) is 55.4 Å². The standard InChI is InChI=1S/C26H27N3O2S2/c1-5-18-9-11-19(12-10-18)27-22(30)15-32-26-28-24-23(17(4)21(6-2)33-24)25(31)29(26)20-13-7-16(3)8-14-20/h7-14H,5-6,15H2,1-4H3,(H,27,30). The molecule has 170 valence electrons. The molecule has 1 N–H and O–H groups in total. The van der Waals surface area contributed by atoms with E-state index in [4.69, 9.17) is 4.98 Å². The lowest BCUT2D eigenvalue weighted by atomic mass is 10.1. The summed E-state index contributed by atoms with van der Waals surface area (Å²) in [6.07, 6.45) is 1.81. The SMILES string of the molecule is CCc1ccc(NC(=O)CSc2nc3sc(CC)c(C)c3c(=O)n2-c2ccc(C)cc2)cc1. The number of carbonyl (C=O) groups is 1. The Kier molecular flexibility index (Phi) is 7.00.